The molecule has 1 amide bonds. The third-order valence-corrected chi connectivity index (χ3v) is 3.72. The third kappa shape index (κ3) is 4.41. The fraction of sp³-hybridized carbons (Fsp3) is 0.600. The Morgan fingerprint density at radius 1 is 1.48 bits per heavy atom. The number of likely N-dealkylation sites (tertiary alicyclic amines) is 1. The maximum absolute atomic E-state index is 12.4. The van der Waals surface area contributed by atoms with E-state index in [2.05, 4.69) is 20.9 Å². The number of carbonyl (C=O) groups is 1. The molecule has 1 fully saturated rings. The van der Waals surface area contributed by atoms with E-state index in [0.29, 0.717) is 24.0 Å². The van der Waals surface area contributed by atoms with Gasteiger partial charge in [-0.15, -0.1) is 0 Å². The first-order valence-electron chi connectivity index (χ1n) is 7.06. The third-order valence-electron chi connectivity index (χ3n) is 3.28. The van der Waals surface area contributed by atoms with Crippen LogP contribution in [0.2, 0.25) is 0 Å². The first-order chi connectivity index (χ1) is 9.76. The molecule has 2 unspecified atom stereocenters. The Bertz CT molecular complexity index is 516. The Balaban J connectivity index is 2.23. The van der Waals surface area contributed by atoms with Gasteiger partial charge in [0.2, 0.25) is 0 Å². The van der Waals surface area contributed by atoms with Gasteiger partial charge in [0.15, 0.2) is 0 Å². The molecule has 2 rings (SSSR count). The van der Waals surface area contributed by atoms with E-state index in [1.807, 2.05) is 39.0 Å². The molecule has 1 aromatic heterocycles. The van der Waals surface area contributed by atoms with Crippen LogP contribution in [-0.4, -0.2) is 39.3 Å². The average Bonchev–Trinajstić information content (AvgIpc) is 2.36. The highest BCUT2D eigenvalue weighted by Gasteiger charge is 2.35. The van der Waals surface area contributed by atoms with Crippen LogP contribution in [0.15, 0.2) is 22.8 Å². The molecule has 0 radical (unpaired) electrons. The van der Waals surface area contributed by atoms with Crippen molar-refractivity contribution in [1.29, 1.82) is 0 Å². The van der Waals surface area contributed by atoms with Gasteiger partial charge in [-0.1, -0.05) is 6.07 Å². The highest BCUT2D eigenvalue weighted by molar-refractivity contribution is 9.10. The first kappa shape index (κ1) is 16.2. The van der Waals surface area contributed by atoms with Gasteiger partial charge >= 0.3 is 6.09 Å². The molecular weight excluding hydrogens is 336 g/mol. The smallest absolute Gasteiger partial charge is 0.410 e. The number of carbonyl (C=O) groups excluding carboxylic acids is 1. The first-order valence-corrected chi connectivity index (χ1v) is 7.86. The zero-order valence-electron chi connectivity index (χ0n) is 12.5. The number of pyridine rings is 1. The minimum absolute atomic E-state index is 0.263. The lowest BCUT2D eigenvalue weighted by Gasteiger charge is -2.38. The second-order valence-corrected chi connectivity index (χ2v) is 7.07. The molecule has 1 N–H and O–H groups in total. The SMILES string of the molecule is CC(C)(C)OC(=O)N1CCC(O)CC1c1cccc(Br)n1. The largest absolute Gasteiger partial charge is 0.444 e. The van der Waals surface area contributed by atoms with E-state index in [1.54, 1.807) is 4.90 Å². The fourth-order valence-electron chi connectivity index (χ4n) is 2.38. The van der Waals surface area contributed by atoms with Gasteiger partial charge in [-0.25, -0.2) is 9.78 Å². The predicted octanol–water partition coefficient (Wildman–Crippen LogP) is 3.28. The van der Waals surface area contributed by atoms with E-state index >= 15 is 0 Å². The number of aliphatic hydroxyl groups is 1. The number of aliphatic hydroxyl groups excluding tert-OH is 1. The molecule has 2 atom stereocenters. The predicted molar refractivity (Wildman–Crippen MR) is 82.9 cm³/mol. The van der Waals surface area contributed by atoms with Crippen molar-refractivity contribution < 1.29 is 14.6 Å². The number of aromatic nitrogens is 1. The minimum Gasteiger partial charge on any atom is -0.444 e. The van der Waals surface area contributed by atoms with Gasteiger partial charge in [-0.2, -0.15) is 0 Å². The molecule has 6 heteroatoms. The van der Waals surface area contributed by atoms with Crippen molar-refractivity contribution in [3.8, 4) is 0 Å². The summed E-state index contributed by atoms with van der Waals surface area (Å²) < 4.78 is 6.17. The summed E-state index contributed by atoms with van der Waals surface area (Å²) in [5.41, 5.74) is 0.219. The molecule has 21 heavy (non-hydrogen) atoms. The Kier molecular flexibility index (Phi) is 4.88. The quantitative estimate of drug-likeness (QED) is 0.784. The van der Waals surface area contributed by atoms with Crippen molar-refractivity contribution in [1.82, 2.24) is 9.88 Å². The topological polar surface area (TPSA) is 62.7 Å². The van der Waals surface area contributed by atoms with Crippen molar-refractivity contribution in [2.75, 3.05) is 6.54 Å². The molecule has 1 aliphatic rings. The maximum atomic E-state index is 12.4. The van der Waals surface area contributed by atoms with Crippen molar-refractivity contribution in [3.63, 3.8) is 0 Å². The van der Waals surface area contributed by atoms with Crippen molar-refractivity contribution in [3.05, 3.63) is 28.5 Å². The molecule has 1 saturated heterocycles. The lowest BCUT2D eigenvalue weighted by molar-refractivity contribution is -0.00919. The number of piperidine rings is 1. The summed E-state index contributed by atoms with van der Waals surface area (Å²) in [4.78, 5) is 18.4. The monoisotopic (exact) mass is 356 g/mol. The molecule has 1 aliphatic heterocycles. The number of ether oxygens (including phenoxy) is 1. The lowest BCUT2D eigenvalue weighted by atomic mass is 9.97. The van der Waals surface area contributed by atoms with E-state index in [4.69, 9.17) is 4.74 Å². The van der Waals surface area contributed by atoms with Gasteiger partial charge in [0.25, 0.3) is 0 Å². The van der Waals surface area contributed by atoms with Crippen LogP contribution in [0.5, 0.6) is 0 Å². The molecule has 1 aromatic rings. The summed E-state index contributed by atoms with van der Waals surface area (Å²) in [5, 5.41) is 9.92. The second-order valence-electron chi connectivity index (χ2n) is 6.25. The molecule has 0 spiro atoms. The summed E-state index contributed by atoms with van der Waals surface area (Å²) in [6, 6.07) is 5.31. The molecule has 0 aliphatic carbocycles. The van der Waals surface area contributed by atoms with Gasteiger partial charge in [-0.05, 0) is 61.7 Å². The standard InChI is InChI=1S/C15H21BrN2O3/c1-15(2,3)21-14(20)18-8-7-10(19)9-12(18)11-5-4-6-13(16)17-11/h4-6,10,12,19H,7-9H2,1-3H3. The summed E-state index contributed by atoms with van der Waals surface area (Å²) in [5.74, 6) is 0. The zero-order chi connectivity index (χ0) is 15.6. The van der Waals surface area contributed by atoms with E-state index in [9.17, 15) is 9.90 Å². The number of amides is 1. The Morgan fingerprint density at radius 2 is 2.19 bits per heavy atom. The van der Waals surface area contributed by atoms with Crippen LogP contribution in [0.1, 0.15) is 45.3 Å². The van der Waals surface area contributed by atoms with Crippen LogP contribution in [0.25, 0.3) is 0 Å². The van der Waals surface area contributed by atoms with Crippen LogP contribution in [-0.2, 0) is 4.74 Å². The summed E-state index contributed by atoms with van der Waals surface area (Å²) in [6.07, 6.45) is 0.252. The molecular formula is C15H21BrN2O3. The van der Waals surface area contributed by atoms with Gasteiger partial charge in [0.05, 0.1) is 17.8 Å². The van der Waals surface area contributed by atoms with E-state index in [-0.39, 0.29) is 12.1 Å². The number of nitrogens with zero attached hydrogens (tertiary/aromatic N) is 2. The van der Waals surface area contributed by atoms with Crippen molar-refractivity contribution in [2.24, 2.45) is 0 Å². The average molecular weight is 357 g/mol. The Hall–Kier alpha value is -1.14. The minimum atomic E-state index is -0.539. The van der Waals surface area contributed by atoms with Crippen LogP contribution in [0.4, 0.5) is 4.79 Å². The number of rotatable bonds is 1. The maximum Gasteiger partial charge on any atom is 0.410 e. The van der Waals surface area contributed by atoms with Gasteiger partial charge in [0.1, 0.15) is 10.2 Å². The van der Waals surface area contributed by atoms with Crippen molar-refractivity contribution >= 4 is 22.0 Å². The molecule has 2 heterocycles. The van der Waals surface area contributed by atoms with Crippen LogP contribution < -0.4 is 0 Å². The molecule has 5 nitrogen and oxygen atoms in total. The van der Waals surface area contributed by atoms with E-state index in [1.165, 1.54) is 0 Å². The fourth-order valence-corrected chi connectivity index (χ4v) is 2.73. The number of halogens is 1. The Morgan fingerprint density at radius 3 is 2.81 bits per heavy atom. The highest BCUT2D eigenvalue weighted by Crippen LogP contribution is 2.32. The normalized spacial score (nSPS) is 23.0. The lowest BCUT2D eigenvalue weighted by Crippen LogP contribution is -2.45. The van der Waals surface area contributed by atoms with Gasteiger partial charge in [0, 0.05) is 6.54 Å². The number of hydrogen-bond acceptors (Lipinski definition) is 4. The second kappa shape index (κ2) is 6.32. The van der Waals surface area contributed by atoms with E-state index < -0.39 is 11.7 Å². The molecule has 0 aromatic carbocycles. The summed E-state index contributed by atoms with van der Waals surface area (Å²) in [7, 11) is 0. The van der Waals surface area contributed by atoms with Crippen LogP contribution in [0.3, 0.4) is 0 Å². The van der Waals surface area contributed by atoms with Crippen LogP contribution in [0, 0.1) is 0 Å². The highest BCUT2D eigenvalue weighted by atomic mass is 79.9. The van der Waals surface area contributed by atoms with Crippen molar-refractivity contribution in [2.45, 2.75) is 51.4 Å². The van der Waals surface area contributed by atoms with Gasteiger partial charge < -0.3 is 9.84 Å². The van der Waals surface area contributed by atoms with E-state index in [0.717, 1.165) is 5.69 Å². The Labute approximate surface area is 133 Å². The molecule has 116 valence electrons. The zero-order valence-corrected chi connectivity index (χ0v) is 14.1. The van der Waals surface area contributed by atoms with Gasteiger partial charge in [-0.3, -0.25) is 4.90 Å². The summed E-state index contributed by atoms with van der Waals surface area (Å²) >= 11 is 3.34. The van der Waals surface area contributed by atoms with Crippen LogP contribution >= 0.6 is 15.9 Å². The summed E-state index contributed by atoms with van der Waals surface area (Å²) in [6.45, 7) is 6.00. The molecule has 0 bridgehead atoms. The number of hydrogen-bond donors (Lipinski definition) is 1. The molecule has 0 saturated carbocycles.